The van der Waals surface area contributed by atoms with Crippen molar-refractivity contribution in [3.05, 3.63) is 48.0 Å². The fraction of sp³-hybridized carbons (Fsp3) is 0.118. The van der Waals surface area contributed by atoms with E-state index in [2.05, 4.69) is 15.8 Å². The van der Waals surface area contributed by atoms with Crippen molar-refractivity contribution in [3.8, 4) is 17.2 Å². The molecule has 130 valence electrons. The van der Waals surface area contributed by atoms with E-state index in [9.17, 15) is 14.7 Å². The highest BCUT2D eigenvalue weighted by atomic mass is 16.5. The number of nitrogens with one attached hydrogen (secondary N) is 2. The quantitative estimate of drug-likeness (QED) is 0.433. The fourth-order valence-electron chi connectivity index (χ4n) is 1.84. The number of rotatable bonds is 5. The third-order valence-electron chi connectivity index (χ3n) is 3.16. The monoisotopic (exact) mass is 343 g/mol. The Morgan fingerprint density at radius 2 is 1.64 bits per heavy atom. The van der Waals surface area contributed by atoms with Gasteiger partial charge in [0.25, 0.3) is 0 Å². The van der Waals surface area contributed by atoms with Crippen LogP contribution in [0.25, 0.3) is 0 Å². The van der Waals surface area contributed by atoms with E-state index in [-0.39, 0.29) is 5.75 Å². The second kappa shape index (κ2) is 8.34. The third-order valence-corrected chi connectivity index (χ3v) is 3.16. The molecule has 2 aromatic carbocycles. The number of hydrazone groups is 1. The Morgan fingerprint density at radius 1 is 1.00 bits per heavy atom. The molecule has 2 rings (SSSR count). The lowest BCUT2D eigenvalue weighted by molar-refractivity contribution is -0.136. The average Bonchev–Trinajstić information content (AvgIpc) is 2.63. The second-order valence-corrected chi connectivity index (χ2v) is 4.81. The zero-order valence-corrected chi connectivity index (χ0v) is 13.6. The van der Waals surface area contributed by atoms with Crippen molar-refractivity contribution in [1.29, 1.82) is 0 Å². The lowest BCUT2D eigenvalue weighted by Crippen LogP contribution is -2.32. The Labute approximate surface area is 144 Å². The van der Waals surface area contributed by atoms with Crippen LogP contribution in [0.15, 0.2) is 47.6 Å². The number of nitrogens with zero attached hydrogens (tertiary/aromatic N) is 1. The zero-order chi connectivity index (χ0) is 18.2. The molecule has 0 bridgehead atoms. The summed E-state index contributed by atoms with van der Waals surface area (Å²) < 4.78 is 10.0. The number of amides is 2. The standard InChI is InChI=1S/C17H17N3O5/c1-24-13-5-3-12(4-6-13)19-16(22)17(23)20-18-10-11-9-14(25-2)7-8-15(11)21/h3-10,21H,1-2H3,(H,19,22)(H,20,23)/b18-10+. The molecule has 2 aromatic rings. The van der Waals surface area contributed by atoms with E-state index in [1.54, 1.807) is 30.3 Å². The normalized spacial score (nSPS) is 10.3. The van der Waals surface area contributed by atoms with Gasteiger partial charge < -0.3 is 19.9 Å². The zero-order valence-electron chi connectivity index (χ0n) is 13.6. The molecular weight excluding hydrogens is 326 g/mol. The van der Waals surface area contributed by atoms with E-state index in [0.29, 0.717) is 22.7 Å². The minimum atomic E-state index is -0.950. The van der Waals surface area contributed by atoms with Gasteiger partial charge in [-0.15, -0.1) is 0 Å². The van der Waals surface area contributed by atoms with Gasteiger partial charge in [0.2, 0.25) is 0 Å². The van der Waals surface area contributed by atoms with Crippen LogP contribution in [0, 0.1) is 0 Å². The summed E-state index contributed by atoms with van der Waals surface area (Å²) in [7, 11) is 3.01. The molecule has 8 heteroatoms. The number of carbonyl (C=O) groups excluding carboxylic acids is 2. The number of phenolic OH excluding ortho intramolecular Hbond substituents is 1. The van der Waals surface area contributed by atoms with Crippen LogP contribution in [0.3, 0.4) is 0 Å². The molecule has 0 radical (unpaired) electrons. The summed E-state index contributed by atoms with van der Waals surface area (Å²) in [4.78, 5) is 23.5. The van der Waals surface area contributed by atoms with Crippen molar-refractivity contribution in [2.45, 2.75) is 0 Å². The molecule has 0 heterocycles. The minimum absolute atomic E-state index is 0.0403. The molecule has 3 N–H and O–H groups in total. The van der Waals surface area contributed by atoms with Crippen LogP contribution in [-0.4, -0.2) is 37.4 Å². The lowest BCUT2D eigenvalue weighted by Gasteiger charge is -2.05. The SMILES string of the molecule is COc1ccc(NC(=O)C(=O)N/N=C/c2cc(OC)ccc2O)cc1. The smallest absolute Gasteiger partial charge is 0.329 e. The number of ether oxygens (including phenoxy) is 2. The van der Waals surface area contributed by atoms with Gasteiger partial charge in [0, 0.05) is 11.3 Å². The summed E-state index contributed by atoms with van der Waals surface area (Å²) in [6.07, 6.45) is 1.20. The van der Waals surface area contributed by atoms with E-state index >= 15 is 0 Å². The molecule has 0 saturated carbocycles. The molecule has 0 aliphatic heterocycles. The molecule has 8 nitrogen and oxygen atoms in total. The number of hydrogen-bond donors (Lipinski definition) is 3. The number of benzene rings is 2. The maximum Gasteiger partial charge on any atom is 0.329 e. The fourth-order valence-corrected chi connectivity index (χ4v) is 1.84. The van der Waals surface area contributed by atoms with Gasteiger partial charge in [-0.25, -0.2) is 5.43 Å². The van der Waals surface area contributed by atoms with E-state index in [1.807, 2.05) is 0 Å². The van der Waals surface area contributed by atoms with Crippen molar-refractivity contribution in [3.63, 3.8) is 0 Å². The van der Waals surface area contributed by atoms with E-state index in [1.165, 1.54) is 32.6 Å². The van der Waals surface area contributed by atoms with Crippen molar-refractivity contribution in [2.75, 3.05) is 19.5 Å². The minimum Gasteiger partial charge on any atom is -0.507 e. The molecule has 0 aliphatic rings. The highest BCUT2D eigenvalue weighted by Crippen LogP contribution is 2.21. The van der Waals surface area contributed by atoms with Gasteiger partial charge in [-0.05, 0) is 42.5 Å². The highest BCUT2D eigenvalue weighted by Gasteiger charge is 2.13. The summed E-state index contributed by atoms with van der Waals surface area (Å²) in [5, 5.41) is 15.8. The van der Waals surface area contributed by atoms with Crippen molar-refractivity contribution >= 4 is 23.7 Å². The maximum absolute atomic E-state index is 11.8. The molecule has 0 saturated heterocycles. The van der Waals surface area contributed by atoms with Gasteiger partial charge in [0.1, 0.15) is 17.2 Å². The molecule has 0 spiro atoms. The second-order valence-electron chi connectivity index (χ2n) is 4.81. The molecule has 0 aliphatic carbocycles. The first-order chi connectivity index (χ1) is 12.0. The van der Waals surface area contributed by atoms with Crippen LogP contribution >= 0.6 is 0 Å². The third kappa shape index (κ3) is 4.96. The number of anilines is 1. The Balaban J connectivity index is 1.93. The number of phenols is 1. The van der Waals surface area contributed by atoms with Crippen molar-refractivity contribution in [2.24, 2.45) is 5.10 Å². The van der Waals surface area contributed by atoms with Gasteiger partial charge >= 0.3 is 11.8 Å². The van der Waals surface area contributed by atoms with Crippen LogP contribution in [0.1, 0.15) is 5.56 Å². The number of methoxy groups -OCH3 is 2. The van der Waals surface area contributed by atoms with E-state index in [0.717, 1.165) is 0 Å². The summed E-state index contributed by atoms with van der Waals surface area (Å²) >= 11 is 0. The van der Waals surface area contributed by atoms with Gasteiger partial charge in [-0.1, -0.05) is 0 Å². The van der Waals surface area contributed by atoms with Gasteiger partial charge in [0.05, 0.1) is 20.4 Å². The molecule has 0 atom stereocenters. The predicted octanol–water partition coefficient (Wildman–Crippen LogP) is 1.50. The summed E-state index contributed by atoms with van der Waals surface area (Å²) in [6.45, 7) is 0. The summed E-state index contributed by atoms with van der Waals surface area (Å²) in [5.74, 6) is -0.721. The Hall–Kier alpha value is -3.55. The lowest BCUT2D eigenvalue weighted by atomic mass is 10.2. The Kier molecular flexibility index (Phi) is 5.94. The predicted molar refractivity (Wildman–Crippen MR) is 92.0 cm³/mol. The molecule has 2 amide bonds. The number of carbonyl (C=O) groups is 2. The topological polar surface area (TPSA) is 109 Å². The van der Waals surface area contributed by atoms with Gasteiger partial charge in [-0.2, -0.15) is 5.10 Å². The first-order valence-electron chi connectivity index (χ1n) is 7.19. The van der Waals surface area contributed by atoms with Crippen LogP contribution < -0.4 is 20.2 Å². The first-order valence-corrected chi connectivity index (χ1v) is 7.19. The van der Waals surface area contributed by atoms with E-state index in [4.69, 9.17) is 9.47 Å². The Morgan fingerprint density at radius 3 is 2.28 bits per heavy atom. The summed E-state index contributed by atoms with van der Waals surface area (Å²) in [6, 6.07) is 11.0. The van der Waals surface area contributed by atoms with Crippen LogP contribution in [0.4, 0.5) is 5.69 Å². The molecule has 25 heavy (non-hydrogen) atoms. The molecular formula is C17H17N3O5. The first kappa shape index (κ1) is 17.8. The van der Waals surface area contributed by atoms with Crippen LogP contribution in [0.2, 0.25) is 0 Å². The number of hydrogen-bond acceptors (Lipinski definition) is 6. The van der Waals surface area contributed by atoms with Crippen molar-refractivity contribution < 1.29 is 24.2 Å². The Bertz CT molecular complexity index is 787. The van der Waals surface area contributed by atoms with Gasteiger partial charge in [0.15, 0.2) is 0 Å². The summed E-state index contributed by atoms with van der Waals surface area (Å²) in [5.41, 5.74) is 2.85. The molecule has 0 fully saturated rings. The largest absolute Gasteiger partial charge is 0.507 e. The van der Waals surface area contributed by atoms with Gasteiger partial charge in [-0.3, -0.25) is 9.59 Å². The highest BCUT2D eigenvalue weighted by molar-refractivity contribution is 6.39. The van der Waals surface area contributed by atoms with Crippen molar-refractivity contribution in [1.82, 2.24) is 5.43 Å². The maximum atomic E-state index is 11.8. The molecule has 0 aromatic heterocycles. The average molecular weight is 343 g/mol. The number of aromatic hydroxyl groups is 1. The molecule has 0 unspecified atom stereocenters. The van der Waals surface area contributed by atoms with Crippen LogP contribution in [0.5, 0.6) is 17.2 Å². The van der Waals surface area contributed by atoms with E-state index < -0.39 is 11.8 Å². The van der Waals surface area contributed by atoms with Crippen LogP contribution in [-0.2, 0) is 9.59 Å².